The molecule has 0 saturated carbocycles. The number of hydrogen-bond acceptors (Lipinski definition) is 3. The molecule has 2 heterocycles. The van der Waals surface area contributed by atoms with Crippen LogP contribution in [0, 0.1) is 19.7 Å². The van der Waals surface area contributed by atoms with Crippen molar-refractivity contribution in [2.75, 3.05) is 6.54 Å². The van der Waals surface area contributed by atoms with Crippen LogP contribution in [0.1, 0.15) is 41.9 Å². The van der Waals surface area contributed by atoms with Gasteiger partial charge < -0.3 is 5.32 Å². The molecular formula is C16H20FN3. The molecule has 0 aliphatic rings. The van der Waals surface area contributed by atoms with E-state index >= 15 is 0 Å². The second-order valence-electron chi connectivity index (χ2n) is 5.01. The summed E-state index contributed by atoms with van der Waals surface area (Å²) in [5.74, 6) is -0.312. The summed E-state index contributed by atoms with van der Waals surface area (Å²) in [5.41, 5.74) is 3.86. The van der Waals surface area contributed by atoms with Gasteiger partial charge in [-0.2, -0.15) is 0 Å². The van der Waals surface area contributed by atoms with Crippen molar-refractivity contribution in [1.82, 2.24) is 15.3 Å². The molecule has 1 N–H and O–H groups in total. The first kappa shape index (κ1) is 14.6. The Morgan fingerprint density at radius 1 is 1.10 bits per heavy atom. The molecule has 1 unspecified atom stereocenters. The van der Waals surface area contributed by atoms with E-state index in [4.69, 9.17) is 0 Å². The molecule has 0 aliphatic heterocycles. The number of rotatable bonds is 5. The van der Waals surface area contributed by atoms with Crippen LogP contribution in [-0.2, 0) is 0 Å². The molecule has 2 aromatic heterocycles. The fraction of sp³-hybridized carbons (Fsp3) is 0.375. The van der Waals surface area contributed by atoms with E-state index in [1.807, 2.05) is 26.0 Å². The molecule has 2 rings (SSSR count). The molecule has 20 heavy (non-hydrogen) atoms. The van der Waals surface area contributed by atoms with Crippen molar-refractivity contribution in [3.63, 3.8) is 0 Å². The van der Waals surface area contributed by atoms with Crippen LogP contribution in [0.15, 0.2) is 30.6 Å². The monoisotopic (exact) mass is 273 g/mol. The van der Waals surface area contributed by atoms with E-state index in [2.05, 4.69) is 22.2 Å². The Kier molecular flexibility index (Phi) is 4.79. The second kappa shape index (κ2) is 6.57. The molecule has 0 bridgehead atoms. The summed E-state index contributed by atoms with van der Waals surface area (Å²) >= 11 is 0. The van der Waals surface area contributed by atoms with Gasteiger partial charge in [-0.1, -0.05) is 6.92 Å². The number of aryl methyl sites for hydroxylation is 2. The van der Waals surface area contributed by atoms with Gasteiger partial charge in [-0.25, -0.2) is 4.39 Å². The number of pyridine rings is 2. The zero-order chi connectivity index (χ0) is 14.5. The van der Waals surface area contributed by atoms with Crippen LogP contribution in [-0.4, -0.2) is 16.5 Å². The summed E-state index contributed by atoms with van der Waals surface area (Å²) in [7, 11) is 0. The van der Waals surface area contributed by atoms with Gasteiger partial charge in [0, 0.05) is 17.6 Å². The zero-order valence-electron chi connectivity index (χ0n) is 12.2. The average Bonchev–Trinajstić information content (AvgIpc) is 2.38. The standard InChI is InChI=1S/C16H20FN3/c1-4-5-19-16(14-8-15(17)10-18-9-14)13-6-11(2)20-12(3)7-13/h6-10,16,19H,4-5H2,1-3H3. The lowest BCUT2D eigenvalue weighted by atomic mass is 9.99. The SMILES string of the molecule is CCCNC(c1cncc(F)c1)c1cc(C)nc(C)c1. The summed E-state index contributed by atoms with van der Waals surface area (Å²) in [5, 5.41) is 3.45. The Bertz CT molecular complexity index is 563. The van der Waals surface area contributed by atoms with Crippen LogP contribution >= 0.6 is 0 Å². The average molecular weight is 273 g/mol. The third-order valence-corrected chi connectivity index (χ3v) is 3.09. The first-order valence-electron chi connectivity index (χ1n) is 6.89. The summed E-state index contributed by atoms with van der Waals surface area (Å²) in [4.78, 5) is 8.34. The minimum absolute atomic E-state index is 0.0569. The van der Waals surface area contributed by atoms with Gasteiger partial charge in [0.05, 0.1) is 12.2 Å². The van der Waals surface area contributed by atoms with E-state index in [9.17, 15) is 4.39 Å². The van der Waals surface area contributed by atoms with E-state index in [1.54, 1.807) is 6.20 Å². The number of nitrogens with one attached hydrogen (secondary N) is 1. The molecule has 0 aliphatic carbocycles. The van der Waals surface area contributed by atoms with Crippen molar-refractivity contribution in [3.8, 4) is 0 Å². The Morgan fingerprint density at radius 2 is 1.80 bits per heavy atom. The number of hydrogen-bond donors (Lipinski definition) is 1. The first-order chi connectivity index (χ1) is 9.60. The van der Waals surface area contributed by atoms with E-state index in [0.29, 0.717) is 0 Å². The van der Waals surface area contributed by atoms with E-state index in [-0.39, 0.29) is 11.9 Å². The Balaban J connectivity index is 2.41. The molecule has 0 saturated heterocycles. The lowest BCUT2D eigenvalue weighted by Gasteiger charge is -2.20. The lowest BCUT2D eigenvalue weighted by Crippen LogP contribution is -2.23. The number of halogens is 1. The van der Waals surface area contributed by atoms with Crippen molar-refractivity contribution in [3.05, 3.63) is 58.9 Å². The summed E-state index contributed by atoms with van der Waals surface area (Å²) in [6, 6.07) is 5.54. The van der Waals surface area contributed by atoms with Gasteiger partial charge in [0.15, 0.2) is 0 Å². The molecule has 0 spiro atoms. The molecule has 0 radical (unpaired) electrons. The fourth-order valence-corrected chi connectivity index (χ4v) is 2.34. The molecular weight excluding hydrogens is 253 g/mol. The molecule has 0 aromatic carbocycles. The highest BCUT2D eigenvalue weighted by Gasteiger charge is 2.15. The van der Waals surface area contributed by atoms with Crippen molar-refractivity contribution in [2.24, 2.45) is 0 Å². The maximum Gasteiger partial charge on any atom is 0.141 e. The molecule has 1 atom stereocenters. The minimum Gasteiger partial charge on any atom is -0.306 e. The van der Waals surface area contributed by atoms with Gasteiger partial charge >= 0.3 is 0 Å². The fourth-order valence-electron chi connectivity index (χ4n) is 2.34. The quantitative estimate of drug-likeness (QED) is 0.908. The lowest BCUT2D eigenvalue weighted by molar-refractivity contribution is 0.579. The molecule has 4 heteroatoms. The molecule has 2 aromatic rings. The smallest absolute Gasteiger partial charge is 0.141 e. The summed E-state index contributed by atoms with van der Waals surface area (Å²) in [6.07, 6.45) is 3.95. The van der Waals surface area contributed by atoms with E-state index in [1.165, 1.54) is 12.3 Å². The molecule has 3 nitrogen and oxygen atoms in total. The van der Waals surface area contributed by atoms with Crippen molar-refractivity contribution in [2.45, 2.75) is 33.2 Å². The first-order valence-corrected chi connectivity index (χ1v) is 6.89. The van der Waals surface area contributed by atoms with Crippen LogP contribution in [0.3, 0.4) is 0 Å². The normalized spacial score (nSPS) is 12.4. The Labute approximate surface area is 119 Å². The third-order valence-electron chi connectivity index (χ3n) is 3.09. The van der Waals surface area contributed by atoms with Crippen molar-refractivity contribution >= 4 is 0 Å². The van der Waals surface area contributed by atoms with Crippen LogP contribution in [0.4, 0.5) is 4.39 Å². The zero-order valence-corrected chi connectivity index (χ0v) is 12.2. The third kappa shape index (κ3) is 3.61. The van der Waals surface area contributed by atoms with Crippen LogP contribution in [0.25, 0.3) is 0 Å². The molecule has 0 fully saturated rings. The van der Waals surface area contributed by atoms with Crippen molar-refractivity contribution in [1.29, 1.82) is 0 Å². The minimum atomic E-state index is -0.312. The predicted molar refractivity (Wildman–Crippen MR) is 78.0 cm³/mol. The van der Waals surface area contributed by atoms with Gasteiger partial charge in [0.25, 0.3) is 0 Å². The van der Waals surface area contributed by atoms with Crippen LogP contribution < -0.4 is 5.32 Å². The topological polar surface area (TPSA) is 37.8 Å². The van der Waals surface area contributed by atoms with Gasteiger partial charge in [0.1, 0.15) is 5.82 Å². The highest BCUT2D eigenvalue weighted by Crippen LogP contribution is 2.23. The molecule has 0 amide bonds. The maximum absolute atomic E-state index is 13.4. The highest BCUT2D eigenvalue weighted by molar-refractivity contribution is 5.32. The van der Waals surface area contributed by atoms with Gasteiger partial charge in [-0.3, -0.25) is 9.97 Å². The Hall–Kier alpha value is -1.81. The maximum atomic E-state index is 13.4. The van der Waals surface area contributed by atoms with E-state index in [0.717, 1.165) is 35.5 Å². The summed E-state index contributed by atoms with van der Waals surface area (Å²) < 4.78 is 13.4. The Morgan fingerprint density at radius 3 is 2.40 bits per heavy atom. The van der Waals surface area contributed by atoms with Crippen LogP contribution in [0.5, 0.6) is 0 Å². The van der Waals surface area contributed by atoms with Crippen LogP contribution in [0.2, 0.25) is 0 Å². The predicted octanol–water partition coefficient (Wildman–Crippen LogP) is 3.32. The largest absolute Gasteiger partial charge is 0.306 e. The van der Waals surface area contributed by atoms with Gasteiger partial charge in [-0.15, -0.1) is 0 Å². The summed E-state index contributed by atoms with van der Waals surface area (Å²) in [6.45, 7) is 6.91. The number of aromatic nitrogens is 2. The van der Waals surface area contributed by atoms with E-state index < -0.39 is 0 Å². The second-order valence-corrected chi connectivity index (χ2v) is 5.01. The highest BCUT2D eigenvalue weighted by atomic mass is 19.1. The van der Waals surface area contributed by atoms with Gasteiger partial charge in [0.2, 0.25) is 0 Å². The number of nitrogens with zero attached hydrogens (tertiary/aromatic N) is 2. The van der Waals surface area contributed by atoms with Gasteiger partial charge in [-0.05, 0) is 56.1 Å². The molecule has 106 valence electrons. The van der Waals surface area contributed by atoms with Crippen molar-refractivity contribution < 1.29 is 4.39 Å².